The number of carbonyl (C=O) groups excluding carboxylic acids is 1. The predicted molar refractivity (Wildman–Crippen MR) is 141 cm³/mol. The summed E-state index contributed by atoms with van der Waals surface area (Å²) < 4.78 is 49.2. The largest absolute Gasteiger partial charge is 0.420 e. The van der Waals surface area contributed by atoms with Crippen LogP contribution in [0.15, 0.2) is 55.1 Å². The quantitative estimate of drug-likeness (QED) is 0.191. The Labute approximate surface area is 218 Å². The van der Waals surface area contributed by atoms with Crippen LogP contribution in [0.3, 0.4) is 0 Å². The molecular weight excluding hydrogens is 473 g/mol. The maximum atomic E-state index is 15.1. The third-order valence-corrected chi connectivity index (χ3v) is 8.32. The normalized spacial score (nSPS) is 23.6. The molecule has 0 spiro atoms. The number of halogens is 3. The van der Waals surface area contributed by atoms with Gasteiger partial charge >= 0.3 is 5.97 Å². The lowest BCUT2D eigenvalue weighted by atomic mass is 9.63. The molecule has 5 heteroatoms. The first-order chi connectivity index (χ1) is 17.9. The van der Waals surface area contributed by atoms with E-state index >= 15 is 4.39 Å². The Bertz CT molecular complexity index is 1140. The average Bonchev–Trinajstić information content (AvgIpc) is 2.91. The van der Waals surface area contributed by atoms with E-state index in [9.17, 15) is 13.6 Å². The number of allylic oxidation sites excluding steroid dienone is 3. The number of esters is 1. The molecule has 2 aliphatic rings. The van der Waals surface area contributed by atoms with Crippen LogP contribution in [0.5, 0.6) is 5.75 Å². The van der Waals surface area contributed by atoms with Gasteiger partial charge in [-0.15, -0.1) is 6.58 Å². The zero-order chi connectivity index (χ0) is 26.4. The molecule has 4 rings (SSSR count). The van der Waals surface area contributed by atoms with Crippen molar-refractivity contribution in [3.8, 4) is 5.75 Å². The van der Waals surface area contributed by atoms with Crippen LogP contribution in [0.1, 0.15) is 92.1 Å². The standard InChI is InChI=1S/C32H37F3O2/c1-3-5-7-9-22-15-17-29(31(35)30(22)34)37-32(36)26-14-16-27(28(33)20-26)25-13-12-23-18-21(8-6-4-2)10-11-24(23)19-25/h3-5,14-17,20-21,23-25H,2,6-13,18-19H2,1H3/b5-3+. The van der Waals surface area contributed by atoms with Crippen LogP contribution in [0.25, 0.3) is 0 Å². The van der Waals surface area contributed by atoms with Crippen LogP contribution < -0.4 is 4.74 Å². The van der Waals surface area contributed by atoms with Crippen molar-refractivity contribution >= 4 is 5.97 Å². The van der Waals surface area contributed by atoms with E-state index in [-0.39, 0.29) is 17.0 Å². The van der Waals surface area contributed by atoms with Crippen LogP contribution in [0.4, 0.5) is 13.2 Å². The third-order valence-electron chi connectivity index (χ3n) is 8.32. The molecule has 0 aromatic heterocycles. The van der Waals surface area contributed by atoms with Gasteiger partial charge in [0, 0.05) is 0 Å². The second-order valence-corrected chi connectivity index (χ2v) is 10.7. The van der Waals surface area contributed by atoms with E-state index in [2.05, 4.69) is 6.58 Å². The fourth-order valence-corrected chi connectivity index (χ4v) is 6.28. The van der Waals surface area contributed by atoms with Gasteiger partial charge < -0.3 is 4.74 Å². The number of benzene rings is 2. The summed E-state index contributed by atoms with van der Waals surface area (Å²) in [5.41, 5.74) is 0.826. The second-order valence-electron chi connectivity index (χ2n) is 10.7. The van der Waals surface area contributed by atoms with Crippen LogP contribution in [0, 0.1) is 35.2 Å². The van der Waals surface area contributed by atoms with E-state index in [1.807, 2.05) is 25.2 Å². The van der Waals surface area contributed by atoms with Gasteiger partial charge in [0.25, 0.3) is 0 Å². The van der Waals surface area contributed by atoms with Crippen molar-refractivity contribution in [2.24, 2.45) is 17.8 Å². The minimum absolute atomic E-state index is 0.0189. The Morgan fingerprint density at radius 3 is 2.54 bits per heavy atom. The molecule has 4 unspecified atom stereocenters. The molecule has 2 saturated carbocycles. The highest BCUT2D eigenvalue weighted by atomic mass is 19.2. The lowest BCUT2D eigenvalue weighted by molar-refractivity contribution is 0.0726. The van der Waals surface area contributed by atoms with Crippen molar-refractivity contribution in [1.82, 2.24) is 0 Å². The van der Waals surface area contributed by atoms with Gasteiger partial charge in [-0.3, -0.25) is 0 Å². The number of rotatable bonds is 9. The molecule has 0 bridgehead atoms. The lowest BCUT2D eigenvalue weighted by Gasteiger charge is -2.42. The number of fused-ring (bicyclic) bond motifs is 1. The fraction of sp³-hybridized carbons (Fsp3) is 0.469. The van der Waals surface area contributed by atoms with E-state index in [1.165, 1.54) is 43.9 Å². The van der Waals surface area contributed by atoms with Crippen molar-refractivity contribution in [2.75, 3.05) is 0 Å². The molecule has 2 nitrogen and oxygen atoms in total. The summed E-state index contributed by atoms with van der Waals surface area (Å²) in [5.74, 6) is -1.81. The molecule has 2 aromatic rings. The SMILES string of the molecule is C=CCCC1CCC2CC(c3ccc(C(=O)Oc4ccc(CC/C=C/C)c(F)c4F)cc3F)CCC2C1. The van der Waals surface area contributed by atoms with Gasteiger partial charge in [0.15, 0.2) is 11.6 Å². The molecule has 0 heterocycles. The van der Waals surface area contributed by atoms with Gasteiger partial charge in [-0.25, -0.2) is 13.6 Å². The first-order valence-electron chi connectivity index (χ1n) is 13.6. The molecule has 2 aromatic carbocycles. The minimum atomic E-state index is -1.21. The predicted octanol–water partition coefficient (Wildman–Crippen LogP) is 9.10. The molecule has 0 aliphatic heterocycles. The lowest BCUT2D eigenvalue weighted by Crippen LogP contribution is -2.30. The zero-order valence-electron chi connectivity index (χ0n) is 21.7. The van der Waals surface area contributed by atoms with Crippen molar-refractivity contribution < 1.29 is 22.7 Å². The number of carbonyl (C=O) groups is 1. The monoisotopic (exact) mass is 510 g/mol. The van der Waals surface area contributed by atoms with Crippen molar-refractivity contribution in [3.63, 3.8) is 0 Å². The van der Waals surface area contributed by atoms with Crippen molar-refractivity contribution in [3.05, 3.63) is 89.3 Å². The van der Waals surface area contributed by atoms with Gasteiger partial charge in [0.1, 0.15) is 5.82 Å². The highest BCUT2D eigenvalue weighted by Crippen LogP contribution is 2.48. The molecule has 4 atom stereocenters. The highest BCUT2D eigenvalue weighted by Gasteiger charge is 2.36. The van der Waals surface area contributed by atoms with Crippen molar-refractivity contribution in [2.45, 2.75) is 77.0 Å². The van der Waals surface area contributed by atoms with E-state index in [0.717, 1.165) is 43.6 Å². The number of ether oxygens (including phenoxy) is 1. The first-order valence-corrected chi connectivity index (χ1v) is 13.6. The summed E-state index contributed by atoms with van der Waals surface area (Å²) >= 11 is 0. The Morgan fingerprint density at radius 1 is 1.00 bits per heavy atom. The van der Waals surface area contributed by atoms with Gasteiger partial charge in [0.2, 0.25) is 5.82 Å². The Hall–Kier alpha value is -2.82. The molecule has 0 radical (unpaired) electrons. The van der Waals surface area contributed by atoms with Crippen LogP contribution >= 0.6 is 0 Å². The molecule has 37 heavy (non-hydrogen) atoms. The third kappa shape index (κ3) is 6.55. The van der Waals surface area contributed by atoms with Crippen LogP contribution in [-0.4, -0.2) is 5.97 Å². The highest BCUT2D eigenvalue weighted by molar-refractivity contribution is 5.91. The Morgan fingerprint density at radius 2 is 1.78 bits per heavy atom. The number of hydrogen-bond donors (Lipinski definition) is 0. The maximum absolute atomic E-state index is 15.1. The van der Waals surface area contributed by atoms with Gasteiger partial charge in [0.05, 0.1) is 5.56 Å². The summed E-state index contributed by atoms with van der Waals surface area (Å²) in [6.45, 7) is 5.70. The Balaban J connectivity index is 1.38. The second kappa shape index (κ2) is 12.6. The number of aryl methyl sites for hydroxylation is 1. The molecule has 2 fully saturated rings. The summed E-state index contributed by atoms with van der Waals surface area (Å²) in [7, 11) is 0. The molecule has 198 valence electrons. The van der Waals surface area contributed by atoms with E-state index in [1.54, 1.807) is 6.07 Å². The molecule has 0 N–H and O–H groups in total. The zero-order valence-corrected chi connectivity index (χ0v) is 21.7. The maximum Gasteiger partial charge on any atom is 0.343 e. The summed E-state index contributed by atoms with van der Waals surface area (Å²) in [5, 5.41) is 0. The fourth-order valence-electron chi connectivity index (χ4n) is 6.28. The van der Waals surface area contributed by atoms with Crippen LogP contribution in [0.2, 0.25) is 0 Å². The van der Waals surface area contributed by atoms with Gasteiger partial charge in [-0.05, 0) is 118 Å². The average molecular weight is 511 g/mol. The van der Waals surface area contributed by atoms with E-state index in [4.69, 9.17) is 4.74 Å². The van der Waals surface area contributed by atoms with E-state index < -0.39 is 29.2 Å². The molecule has 2 aliphatic carbocycles. The molecule has 0 amide bonds. The molecule has 0 saturated heterocycles. The number of hydrogen-bond acceptors (Lipinski definition) is 2. The summed E-state index contributed by atoms with van der Waals surface area (Å²) in [6, 6.07) is 7.01. The topological polar surface area (TPSA) is 26.3 Å². The minimum Gasteiger partial charge on any atom is -0.420 e. The Kier molecular flexibility index (Phi) is 9.28. The van der Waals surface area contributed by atoms with Gasteiger partial charge in [-0.2, -0.15) is 4.39 Å². The summed E-state index contributed by atoms with van der Waals surface area (Å²) in [4.78, 5) is 12.6. The van der Waals surface area contributed by atoms with Crippen molar-refractivity contribution in [1.29, 1.82) is 0 Å². The summed E-state index contributed by atoms with van der Waals surface area (Å²) in [6.07, 6.45) is 15.7. The first kappa shape index (κ1) is 27.2. The van der Waals surface area contributed by atoms with Gasteiger partial charge in [-0.1, -0.05) is 36.8 Å². The van der Waals surface area contributed by atoms with Crippen LogP contribution in [-0.2, 0) is 6.42 Å². The van der Waals surface area contributed by atoms with E-state index in [0.29, 0.717) is 24.3 Å². The smallest absolute Gasteiger partial charge is 0.343 e. The molecular formula is C32H37F3O2.